The van der Waals surface area contributed by atoms with Gasteiger partial charge in [-0.1, -0.05) is 0 Å². The first kappa shape index (κ1) is 27.8. The van der Waals surface area contributed by atoms with Crippen LogP contribution >= 0.6 is 0 Å². The zero-order valence-corrected chi connectivity index (χ0v) is 22.9. The highest BCUT2D eigenvalue weighted by molar-refractivity contribution is 6.03. The summed E-state index contributed by atoms with van der Waals surface area (Å²) in [5.74, 6) is 0.127. The maximum atomic E-state index is 14.2. The Morgan fingerprint density at radius 3 is 2.39 bits per heavy atom. The van der Waals surface area contributed by atoms with E-state index in [0.717, 1.165) is 0 Å². The number of fused-ring (bicyclic) bond motifs is 1. The fourth-order valence-corrected chi connectivity index (χ4v) is 4.87. The molecule has 0 radical (unpaired) electrons. The minimum Gasteiger partial charge on any atom is -0.497 e. The molecule has 1 atom stereocenters. The van der Waals surface area contributed by atoms with E-state index in [1.165, 1.54) is 66.3 Å². The van der Waals surface area contributed by atoms with Crippen molar-refractivity contribution in [1.29, 1.82) is 0 Å². The number of rotatable bonds is 7. The summed E-state index contributed by atoms with van der Waals surface area (Å²) in [5, 5.41) is 8.02. The summed E-state index contributed by atoms with van der Waals surface area (Å²) in [6.45, 7) is 3.99. The van der Waals surface area contributed by atoms with Crippen molar-refractivity contribution in [2.75, 3.05) is 55.6 Å². The fourth-order valence-electron chi connectivity index (χ4n) is 4.87. The zero-order valence-electron chi connectivity index (χ0n) is 22.9. The van der Waals surface area contributed by atoms with E-state index < -0.39 is 29.3 Å². The highest BCUT2D eigenvalue weighted by Gasteiger charge is 2.32. The number of aromatic nitrogens is 2. The number of methoxy groups -OCH3 is 2. The van der Waals surface area contributed by atoms with E-state index >= 15 is 0 Å². The number of ether oxygens (including phenoxy) is 2. The van der Waals surface area contributed by atoms with E-state index in [0.29, 0.717) is 54.6 Å². The molecular weight excluding hydrogens is 534 g/mol. The van der Waals surface area contributed by atoms with Crippen LogP contribution in [-0.2, 0) is 0 Å². The molecule has 0 saturated carbocycles. The number of nitrogens with one attached hydrogen (secondary N) is 2. The van der Waals surface area contributed by atoms with Crippen molar-refractivity contribution in [3.63, 3.8) is 0 Å². The predicted molar refractivity (Wildman–Crippen MR) is 153 cm³/mol. The highest BCUT2D eigenvalue weighted by Crippen LogP contribution is 2.37. The van der Waals surface area contributed by atoms with Gasteiger partial charge in [-0.05, 0) is 61.5 Å². The lowest BCUT2D eigenvalue weighted by atomic mass is 10.1. The third kappa shape index (κ3) is 5.64. The van der Waals surface area contributed by atoms with Crippen LogP contribution in [0.1, 0.15) is 18.8 Å². The number of urea groups is 1. The van der Waals surface area contributed by atoms with Gasteiger partial charge in [-0.3, -0.25) is 9.69 Å². The summed E-state index contributed by atoms with van der Waals surface area (Å²) in [4.78, 5) is 34.0. The molecule has 12 heteroatoms. The standard InChI is InChI=1S/C29H30F2N6O4/c1-18(27-34-24-10-6-20(31)16-23(24)28(38)37(27)35-14-12-32-13-15-35)36(25-11-9-22(40-2)17-26(25)41-3)29(39)33-21-7-4-19(30)5-8-21/h4-11,16-18,32H,12-15H2,1-3H3,(H,33,39). The van der Waals surface area contributed by atoms with Gasteiger partial charge < -0.3 is 25.1 Å². The van der Waals surface area contributed by atoms with Crippen LogP contribution in [0.4, 0.5) is 25.0 Å². The number of piperazine rings is 1. The van der Waals surface area contributed by atoms with E-state index in [1.807, 2.05) is 5.01 Å². The molecule has 0 spiro atoms. The maximum absolute atomic E-state index is 14.2. The maximum Gasteiger partial charge on any atom is 0.327 e. The molecule has 0 aliphatic carbocycles. The molecule has 2 N–H and O–H groups in total. The van der Waals surface area contributed by atoms with Crippen LogP contribution in [0.25, 0.3) is 10.9 Å². The van der Waals surface area contributed by atoms with Crippen molar-refractivity contribution in [3.05, 3.63) is 88.5 Å². The van der Waals surface area contributed by atoms with Crippen LogP contribution in [0.5, 0.6) is 11.5 Å². The highest BCUT2D eigenvalue weighted by atomic mass is 19.1. The lowest BCUT2D eigenvalue weighted by Gasteiger charge is -2.36. The van der Waals surface area contributed by atoms with Crippen molar-refractivity contribution in [2.24, 2.45) is 0 Å². The molecule has 214 valence electrons. The second kappa shape index (κ2) is 11.8. The first-order valence-electron chi connectivity index (χ1n) is 13.1. The lowest BCUT2D eigenvalue weighted by molar-refractivity contribution is 0.254. The molecule has 1 saturated heterocycles. The summed E-state index contributed by atoms with van der Waals surface area (Å²) in [6, 6.07) is 12.8. The molecule has 2 heterocycles. The number of anilines is 2. The van der Waals surface area contributed by atoms with Gasteiger partial charge in [-0.2, -0.15) is 0 Å². The van der Waals surface area contributed by atoms with Crippen LogP contribution in [0.2, 0.25) is 0 Å². The summed E-state index contributed by atoms with van der Waals surface area (Å²) >= 11 is 0. The lowest BCUT2D eigenvalue weighted by Crippen LogP contribution is -2.55. The number of nitrogens with zero attached hydrogens (tertiary/aromatic N) is 4. The topological polar surface area (TPSA) is 101 Å². The third-order valence-corrected chi connectivity index (χ3v) is 6.93. The molecule has 41 heavy (non-hydrogen) atoms. The Bertz CT molecular complexity index is 1620. The van der Waals surface area contributed by atoms with Crippen LogP contribution in [-0.4, -0.2) is 56.1 Å². The average molecular weight is 565 g/mol. The normalized spacial score (nSPS) is 14.0. The first-order chi connectivity index (χ1) is 19.8. The quantitative estimate of drug-likeness (QED) is 0.350. The summed E-state index contributed by atoms with van der Waals surface area (Å²) < 4.78 is 40.1. The van der Waals surface area contributed by atoms with Gasteiger partial charge in [0.1, 0.15) is 23.1 Å². The molecule has 1 fully saturated rings. The minimum atomic E-state index is -0.838. The second-order valence-electron chi connectivity index (χ2n) is 9.47. The molecule has 0 bridgehead atoms. The SMILES string of the molecule is COc1ccc(N(C(=O)Nc2ccc(F)cc2)C(C)c2nc3ccc(F)cc3c(=O)n2N2CCNCC2)c(OC)c1. The third-order valence-electron chi connectivity index (χ3n) is 6.93. The Morgan fingerprint density at radius 1 is 1.00 bits per heavy atom. The predicted octanol–water partition coefficient (Wildman–Crippen LogP) is 4.03. The van der Waals surface area contributed by atoms with E-state index in [-0.39, 0.29) is 11.2 Å². The van der Waals surface area contributed by atoms with Gasteiger partial charge >= 0.3 is 6.03 Å². The number of hydrogen-bond donors (Lipinski definition) is 2. The Kier molecular flexibility index (Phi) is 8.02. The van der Waals surface area contributed by atoms with Gasteiger partial charge in [0, 0.05) is 37.9 Å². The molecule has 1 aliphatic heterocycles. The number of amides is 2. The van der Waals surface area contributed by atoms with Crippen molar-refractivity contribution in [1.82, 2.24) is 15.0 Å². The summed E-state index contributed by atoms with van der Waals surface area (Å²) in [5.41, 5.74) is 0.590. The number of hydrogen-bond acceptors (Lipinski definition) is 7. The Labute approximate surface area is 235 Å². The fraction of sp³-hybridized carbons (Fsp3) is 0.276. The number of benzene rings is 3. The van der Waals surface area contributed by atoms with Crippen LogP contribution < -0.4 is 35.6 Å². The van der Waals surface area contributed by atoms with Gasteiger partial charge in [0.05, 0.1) is 36.9 Å². The van der Waals surface area contributed by atoms with Crippen molar-refractivity contribution < 1.29 is 23.0 Å². The van der Waals surface area contributed by atoms with Gasteiger partial charge in [-0.25, -0.2) is 23.2 Å². The Hall–Kier alpha value is -4.71. The van der Waals surface area contributed by atoms with Crippen molar-refractivity contribution in [3.8, 4) is 11.5 Å². The van der Waals surface area contributed by atoms with Crippen LogP contribution in [0.3, 0.4) is 0 Å². The molecule has 2 amide bonds. The zero-order chi connectivity index (χ0) is 29.1. The van der Waals surface area contributed by atoms with Crippen molar-refractivity contribution in [2.45, 2.75) is 13.0 Å². The monoisotopic (exact) mass is 564 g/mol. The molecule has 3 aromatic carbocycles. The average Bonchev–Trinajstić information content (AvgIpc) is 2.99. The summed E-state index contributed by atoms with van der Waals surface area (Å²) in [6.07, 6.45) is 0. The van der Waals surface area contributed by atoms with E-state index in [9.17, 15) is 18.4 Å². The largest absolute Gasteiger partial charge is 0.497 e. The Balaban J connectivity index is 1.69. The van der Waals surface area contributed by atoms with E-state index in [4.69, 9.17) is 14.5 Å². The first-order valence-corrected chi connectivity index (χ1v) is 13.1. The molecule has 5 rings (SSSR count). The Morgan fingerprint density at radius 2 is 1.71 bits per heavy atom. The van der Waals surface area contributed by atoms with Crippen LogP contribution in [0, 0.1) is 11.6 Å². The van der Waals surface area contributed by atoms with E-state index in [2.05, 4.69) is 10.6 Å². The molecule has 10 nitrogen and oxygen atoms in total. The van der Waals surface area contributed by atoms with Crippen LogP contribution in [0.15, 0.2) is 65.5 Å². The molecule has 4 aromatic rings. The number of carbonyl (C=O) groups excluding carboxylic acids is 1. The van der Waals surface area contributed by atoms with Gasteiger partial charge in [0.2, 0.25) is 0 Å². The van der Waals surface area contributed by atoms with Gasteiger partial charge in [0.25, 0.3) is 5.56 Å². The number of halogens is 2. The smallest absolute Gasteiger partial charge is 0.327 e. The minimum absolute atomic E-state index is 0.129. The van der Waals surface area contributed by atoms with Gasteiger partial charge in [-0.15, -0.1) is 0 Å². The second-order valence-corrected chi connectivity index (χ2v) is 9.47. The van der Waals surface area contributed by atoms with Gasteiger partial charge in [0.15, 0.2) is 5.82 Å². The molecular formula is C29H30F2N6O4. The summed E-state index contributed by atoms with van der Waals surface area (Å²) in [7, 11) is 2.99. The van der Waals surface area contributed by atoms with Crippen molar-refractivity contribution >= 4 is 28.3 Å². The molecule has 1 unspecified atom stereocenters. The number of carbonyl (C=O) groups is 1. The molecule has 1 aliphatic rings. The molecule has 1 aromatic heterocycles. The van der Waals surface area contributed by atoms with E-state index in [1.54, 1.807) is 25.1 Å².